The lowest BCUT2D eigenvalue weighted by Gasteiger charge is -2.32. The van der Waals surface area contributed by atoms with Crippen LogP contribution < -0.4 is 0 Å². The van der Waals surface area contributed by atoms with Gasteiger partial charge in [-0.05, 0) is 32.4 Å². The van der Waals surface area contributed by atoms with Gasteiger partial charge in [0.1, 0.15) is 6.10 Å². The molecule has 0 aromatic carbocycles. The Hall–Kier alpha value is -0.160. The van der Waals surface area contributed by atoms with E-state index in [1.807, 2.05) is 0 Å². The lowest BCUT2D eigenvalue weighted by atomic mass is 10.0. The Morgan fingerprint density at radius 3 is 2.60 bits per heavy atom. The van der Waals surface area contributed by atoms with Crippen LogP contribution in [0, 0.1) is 0 Å². The van der Waals surface area contributed by atoms with Crippen molar-refractivity contribution in [2.45, 2.75) is 50.9 Å². The van der Waals surface area contributed by atoms with Crippen molar-refractivity contribution in [1.82, 2.24) is 4.90 Å². The highest BCUT2D eigenvalue weighted by Crippen LogP contribution is 2.13. The highest BCUT2D eigenvalue weighted by Gasteiger charge is 2.28. The summed E-state index contributed by atoms with van der Waals surface area (Å²) in [7, 11) is 0. The normalized spacial score (nSPS) is 34.8. The number of rotatable bonds is 3. The maximum atomic E-state index is 9.67. The van der Waals surface area contributed by atoms with E-state index in [4.69, 9.17) is 0 Å². The van der Waals surface area contributed by atoms with Gasteiger partial charge in [0.05, 0.1) is 12.2 Å². The van der Waals surface area contributed by atoms with Crippen LogP contribution in [0.4, 0.5) is 0 Å². The molecule has 1 rings (SSSR count). The fraction of sp³-hybridized carbons (Fsp3) is 1.00. The molecule has 0 amide bonds. The molecule has 0 aromatic heterocycles. The molecule has 0 bridgehead atoms. The first-order valence-corrected chi connectivity index (χ1v) is 5.91. The number of aliphatic hydroxyl groups is 3. The van der Waals surface area contributed by atoms with Crippen LogP contribution in [0.25, 0.3) is 0 Å². The molecule has 90 valence electrons. The van der Waals surface area contributed by atoms with Crippen LogP contribution in [0.15, 0.2) is 0 Å². The predicted molar refractivity (Wildman–Crippen MR) is 58.6 cm³/mol. The zero-order valence-corrected chi connectivity index (χ0v) is 9.47. The molecule has 1 fully saturated rings. The third kappa shape index (κ3) is 4.07. The first-order chi connectivity index (χ1) is 7.15. The molecule has 0 radical (unpaired) electrons. The molecule has 1 saturated heterocycles. The fourth-order valence-corrected chi connectivity index (χ4v) is 2.00. The summed E-state index contributed by atoms with van der Waals surface area (Å²) in [6.07, 6.45) is 1.12. The summed E-state index contributed by atoms with van der Waals surface area (Å²) in [5.41, 5.74) is 0. The van der Waals surface area contributed by atoms with E-state index in [0.29, 0.717) is 13.0 Å². The van der Waals surface area contributed by atoms with Crippen LogP contribution >= 0.6 is 0 Å². The van der Waals surface area contributed by atoms with Crippen molar-refractivity contribution in [3.63, 3.8) is 0 Å². The average molecular weight is 217 g/mol. The Kier molecular flexibility index (Phi) is 5.53. The smallest absolute Gasteiger partial charge is 0.107 e. The highest BCUT2D eigenvalue weighted by atomic mass is 16.4. The van der Waals surface area contributed by atoms with Gasteiger partial charge in [0, 0.05) is 6.54 Å². The molecule has 0 aliphatic carbocycles. The molecule has 4 heteroatoms. The molecule has 0 unspecified atom stereocenters. The number of hydrogen-bond acceptors (Lipinski definition) is 4. The van der Waals surface area contributed by atoms with Crippen molar-refractivity contribution in [1.29, 1.82) is 0 Å². The van der Waals surface area contributed by atoms with Crippen molar-refractivity contribution in [2.24, 2.45) is 0 Å². The Morgan fingerprint density at radius 1 is 1.20 bits per heavy atom. The van der Waals surface area contributed by atoms with E-state index in [2.05, 4.69) is 11.8 Å². The summed E-state index contributed by atoms with van der Waals surface area (Å²) in [6, 6.07) is 0. The molecular weight excluding hydrogens is 194 g/mol. The topological polar surface area (TPSA) is 63.9 Å². The van der Waals surface area contributed by atoms with E-state index in [1.54, 1.807) is 0 Å². The molecule has 0 spiro atoms. The molecule has 1 aliphatic rings. The maximum absolute atomic E-state index is 9.67. The van der Waals surface area contributed by atoms with Gasteiger partial charge in [-0.1, -0.05) is 13.3 Å². The molecule has 0 saturated carbocycles. The minimum absolute atomic E-state index is 0.470. The summed E-state index contributed by atoms with van der Waals surface area (Å²) < 4.78 is 0. The van der Waals surface area contributed by atoms with Crippen LogP contribution in [-0.4, -0.2) is 58.2 Å². The Bertz CT molecular complexity index is 177. The van der Waals surface area contributed by atoms with Gasteiger partial charge < -0.3 is 20.2 Å². The van der Waals surface area contributed by atoms with Crippen LogP contribution in [0.5, 0.6) is 0 Å². The molecule has 4 nitrogen and oxygen atoms in total. The molecular formula is C11H23NO3. The Morgan fingerprint density at radius 2 is 1.93 bits per heavy atom. The lowest BCUT2D eigenvalue weighted by Crippen LogP contribution is -2.47. The minimum atomic E-state index is -0.991. The van der Waals surface area contributed by atoms with Crippen molar-refractivity contribution < 1.29 is 15.3 Å². The summed E-state index contributed by atoms with van der Waals surface area (Å²) in [4.78, 5) is 2.17. The first-order valence-electron chi connectivity index (χ1n) is 5.91. The molecule has 3 atom stereocenters. The van der Waals surface area contributed by atoms with Gasteiger partial charge in [0.2, 0.25) is 0 Å². The molecule has 0 aromatic rings. The van der Waals surface area contributed by atoms with E-state index in [9.17, 15) is 15.3 Å². The van der Waals surface area contributed by atoms with Crippen molar-refractivity contribution in [3.8, 4) is 0 Å². The lowest BCUT2D eigenvalue weighted by molar-refractivity contribution is -0.0805. The third-order valence-corrected chi connectivity index (χ3v) is 3.04. The summed E-state index contributed by atoms with van der Waals surface area (Å²) in [6.45, 7) is 4.48. The number of unbranched alkanes of at least 4 members (excludes halogenated alkanes) is 1. The maximum Gasteiger partial charge on any atom is 0.107 e. The van der Waals surface area contributed by atoms with Crippen LogP contribution in [0.2, 0.25) is 0 Å². The molecule has 1 aliphatic heterocycles. The number of nitrogens with zero attached hydrogens (tertiary/aromatic N) is 1. The quantitative estimate of drug-likeness (QED) is 0.621. The van der Waals surface area contributed by atoms with Gasteiger partial charge in [-0.2, -0.15) is 0 Å². The van der Waals surface area contributed by atoms with E-state index >= 15 is 0 Å². The SMILES string of the molecule is CCCCN1CCC[C@@H](O)[C@H](O)[C@@H](O)C1. The van der Waals surface area contributed by atoms with Crippen molar-refractivity contribution in [2.75, 3.05) is 19.6 Å². The van der Waals surface area contributed by atoms with Crippen LogP contribution in [0.3, 0.4) is 0 Å². The van der Waals surface area contributed by atoms with Gasteiger partial charge in [0.15, 0.2) is 0 Å². The Balaban J connectivity index is 2.42. The van der Waals surface area contributed by atoms with E-state index in [-0.39, 0.29) is 0 Å². The average Bonchev–Trinajstić information content (AvgIpc) is 2.22. The van der Waals surface area contributed by atoms with Gasteiger partial charge >= 0.3 is 0 Å². The van der Waals surface area contributed by atoms with E-state index in [1.165, 1.54) is 0 Å². The van der Waals surface area contributed by atoms with Crippen LogP contribution in [0.1, 0.15) is 32.6 Å². The monoisotopic (exact) mass is 217 g/mol. The van der Waals surface area contributed by atoms with Gasteiger partial charge in [-0.15, -0.1) is 0 Å². The standard InChI is InChI=1S/C11H23NO3/c1-2-3-6-12-7-4-5-9(13)11(15)10(14)8-12/h9-11,13-15H,2-8H2,1H3/t9-,10+,11+/m1/s1. The van der Waals surface area contributed by atoms with Gasteiger partial charge in [0.25, 0.3) is 0 Å². The second-order valence-electron chi connectivity index (χ2n) is 4.42. The van der Waals surface area contributed by atoms with Crippen molar-refractivity contribution in [3.05, 3.63) is 0 Å². The summed E-state index contributed by atoms with van der Waals surface area (Å²) in [5, 5.41) is 28.7. The number of aliphatic hydroxyl groups excluding tert-OH is 3. The second kappa shape index (κ2) is 6.43. The van der Waals surface area contributed by atoms with Gasteiger partial charge in [-0.25, -0.2) is 0 Å². The Labute approximate surface area is 91.5 Å². The fourth-order valence-electron chi connectivity index (χ4n) is 2.00. The molecule has 3 N–H and O–H groups in total. The number of likely N-dealkylation sites (tertiary alicyclic amines) is 1. The number of β-amino-alcohol motifs (C(OH)–C–C–N with tert-alkyl or cyclic N) is 1. The largest absolute Gasteiger partial charge is 0.390 e. The van der Waals surface area contributed by atoms with E-state index in [0.717, 1.165) is 32.4 Å². The van der Waals surface area contributed by atoms with Crippen molar-refractivity contribution >= 4 is 0 Å². The number of hydrogen-bond donors (Lipinski definition) is 3. The molecule has 1 heterocycles. The minimum Gasteiger partial charge on any atom is -0.390 e. The highest BCUT2D eigenvalue weighted by molar-refractivity contribution is 4.81. The summed E-state index contributed by atoms with van der Waals surface area (Å²) in [5.74, 6) is 0. The van der Waals surface area contributed by atoms with E-state index < -0.39 is 18.3 Å². The first kappa shape index (κ1) is 12.9. The predicted octanol–water partition coefficient (Wildman–Crippen LogP) is -0.0350. The zero-order chi connectivity index (χ0) is 11.3. The molecule has 15 heavy (non-hydrogen) atoms. The third-order valence-electron chi connectivity index (χ3n) is 3.04. The summed E-state index contributed by atoms with van der Waals surface area (Å²) >= 11 is 0. The van der Waals surface area contributed by atoms with Crippen LogP contribution in [-0.2, 0) is 0 Å². The zero-order valence-electron chi connectivity index (χ0n) is 9.47. The van der Waals surface area contributed by atoms with Gasteiger partial charge in [-0.3, -0.25) is 0 Å². The second-order valence-corrected chi connectivity index (χ2v) is 4.42.